The van der Waals surface area contributed by atoms with Gasteiger partial charge in [0.2, 0.25) is 0 Å². The molecule has 6 heteroatoms. The lowest BCUT2D eigenvalue weighted by Gasteiger charge is -2.52. The minimum atomic E-state index is -3.10. The Bertz CT molecular complexity index is 1980. The standard InChI is InChI=1S/C53H69N2O2P.BrH/c1-10-43(44-21-14-11-15-22-44)37-47(45-31-33-50(34-32-45)58(56,48-23-16-12-17-24-48)49-25-18-13-19-26-49)38-51(57-55-52(6,7)35-20-36-53(55,8)9)46-29-27-42(28-30-46)39-54(40(2)3)41(4)5;/h11-19,21-34,40-41,43,47,51H,10,20,35-39H2,1-9H3;1H. The van der Waals surface area contributed by atoms with Crippen molar-refractivity contribution in [3.8, 4) is 0 Å². The summed E-state index contributed by atoms with van der Waals surface area (Å²) in [5.74, 6) is 0.569. The lowest BCUT2D eigenvalue weighted by Crippen LogP contribution is -2.58. The molecule has 1 aliphatic rings. The molecule has 0 radical (unpaired) electrons. The Morgan fingerprint density at radius 3 is 1.51 bits per heavy atom. The van der Waals surface area contributed by atoms with Crippen molar-refractivity contribution in [2.24, 2.45) is 0 Å². The second kappa shape index (κ2) is 20.5. The van der Waals surface area contributed by atoms with E-state index in [-0.39, 0.29) is 40.1 Å². The molecule has 6 rings (SSSR count). The van der Waals surface area contributed by atoms with E-state index in [1.165, 1.54) is 28.7 Å². The topological polar surface area (TPSA) is 32.8 Å². The summed E-state index contributed by atoms with van der Waals surface area (Å²) in [5, 5.41) is 4.93. The third-order valence-corrected chi connectivity index (χ3v) is 15.8. The Kier molecular flexibility index (Phi) is 16.2. The molecule has 1 fully saturated rings. The molecular weight excluding hydrogens is 807 g/mol. The largest absolute Gasteiger partial charge is 0.309 e. The van der Waals surface area contributed by atoms with Gasteiger partial charge in [-0.1, -0.05) is 146 Å². The van der Waals surface area contributed by atoms with Gasteiger partial charge < -0.3 is 4.57 Å². The van der Waals surface area contributed by atoms with Gasteiger partial charge in [0.15, 0.2) is 7.14 Å². The fourth-order valence-corrected chi connectivity index (χ4v) is 12.2. The first-order valence-corrected chi connectivity index (χ1v) is 23.6. The maximum Gasteiger partial charge on any atom is 0.171 e. The molecule has 59 heavy (non-hydrogen) atoms. The van der Waals surface area contributed by atoms with Crippen molar-refractivity contribution in [3.63, 3.8) is 0 Å². The molecule has 1 aliphatic heterocycles. The Hall–Kier alpha value is -3.31. The predicted octanol–water partition coefficient (Wildman–Crippen LogP) is 13.3. The van der Waals surface area contributed by atoms with Crippen molar-refractivity contribution in [2.45, 2.75) is 148 Å². The fourth-order valence-electron chi connectivity index (χ4n) is 9.55. The lowest BCUT2D eigenvalue weighted by atomic mass is 9.80. The summed E-state index contributed by atoms with van der Waals surface area (Å²) < 4.78 is 15.4. The quantitative estimate of drug-likeness (QED) is 0.0872. The highest BCUT2D eigenvalue weighted by atomic mass is 79.9. The lowest BCUT2D eigenvalue weighted by molar-refractivity contribution is -0.308. The first-order valence-electron chi connectivity index (χ1n) is 21.9. The van der Waals surface area contributed by atoms with Gasteiger partial charge in [0.25, 0.3) is 0 Å². The number of hydroxylamine groups is 2. The van der Waals surface area contributed by atoms with Crippen LogP contribution < -0.4 is 15.9 Å². The van der Waals surface area contributed by atoms with Gasteiger partial charge in [-0.3, -0.25) is 9.74 Å². The molecule has 5 aromatic carbocycles. The maximum absolute atomic E-state index is 15.4. The van der Waals surface area contributed by atoms with E-state index >= 15 is 4.57 Å². The van der Waals surface area contributed by atoms with Crippen LogP contribution in [0.2, 0.25) is 0 Å². The van der Waals surface area contributed by atoms with E-state index in [1.54, 1.807) is 0 Å². The number of piperidine rings is 1. The summed E-state index contributed by atoms with van der Waals surface area (Å²) >= 11 is 0. The van der Waals surface area contributed by atoms with Crippen molar-refractivity contribution in [2.75, 3.05) is 0 Å². The van der Waals surface area contributed by atoms with Gasteiger partial charge in [-0.05, 0) is 128 Å². The second-order valence-electron chi connectivity index (χ2n) is 18.5. The summed E-state index contributed by atoms with van der Waals surface area (Å²) in [6, 6.07) is 50.1. The van der Waals surface area contributed by atoms with E-state index in [0.29, 0.717) is 18.0 Å². The minimum absolute atomic E-state index is 0. The van der Waals surface area contributed by atoms with E-state index < -0.39 is 7.14 Å². The molecular formula is C53H70BrN2O2P. The highest BCUT2D eigenvalue weighted by molar-refractivity contribution is 8.93. The van der Waals surface area contributed by atoms with Gasteiger partial charge >= 0.3 is 0 Å². The van der Waals surface area contributed by atoms with Crippen LogP contribution in [-0.2, 0) is 15.9 Å². The van der Waals surface area contributed by atoms with Crippen LogP contribution in [0.3, 0.4) is 0 Å². The zero-order valence-electron chi connectivity index (χ0n) is 37.2. The molecule has 5 aromatic rings. The molecule has 0 amide bonds. The average molecular weight is 878 g/mol. The summed E-state index contributed by atoms with van der Waals surface area (Å²) in [6.45, 7) is 21.8. The van der Waals surface area contributed by atoms with Gasteiger partial charge in [0.05, 0.1) is 0 Å². The highest BCUT2D eigenvalue weighted by Crippen LogP contribution is 2.46. The van der Waals surface area contributed by atoms with E-state index in [2.05, 4.69) is 151 Å². The number of halogens is 1. The molecule has 1 saturated heterocycles. The van der Waals surface area contributed by atoms with Crippen molar-refractivity contribution < 1.29 is 9.40 Å². The summed E-state index contributed by atoms with van der Waals surface area (Å²) in [4.78, 5) is 10.00. The summed E-state index contributed by atoms with van der Waals surface area (Å²) in [7, 11) is -3.10. The van der Waals surface area contributed by atoms with Crippen LogP contribution in [0.1, 0.15) is 141 Å². The zero-order chi connectivity index (χ0) is 41.5. The number of nitrogens with zero attached hydrogens (tertiary/aromatic N) is 2. The van der Waals surface area contributed by atoms with Crippen molar-refractivity contribution in [1.29, 1.82) is 0 Å². The van der Waals surface area contributed by atoms with Crippen molar-refractivity contribution in [3.05, 3.63) is 162 Å². The van der Waals surface area contributed by atoms with E-state index in [1.807, 2.05) is 60.7 Å². The average Bonchev–Trinajstić information content (AvgIpc) is 3.22. The molecule has 3 atom stereocenters. The van der Waals surface area contributed by atoms with E-state index in [4.69, 9.17) is 4.84 Å². The third-order valence-electron chi connectivity index (χ3n) is 12.8. The van der Waals surface area contributed by atoms with Gasteiger partial charge in [0.1, 0.15) is 6.10 Å². The smallest absolute Gasteiger partial charge is 0.171 e. The Balaban J connectivity index is 0.00000661. The van der Waals surface area contributed by atoms with Crippen LogP contribution in [-0.4, -0.2) is 33.1 Å². The van der Waals surface area contributed by atoms with E-state index in [9.17, 15) is 0 Å². The Labute approximate surface area is 367 Å². The maximum atomic E-state index is 15.4. The monoisotopic (exact) mass is 876 g/mol. The second-order valence-corrected chi connectivity index (χ2v) is 21.3. The molecule has 0 aliphatic carbocycles. The molecule has 0 spiro atoms. The molecule has 0 saturated carbocycles. The summed E-state index contributed by atoms with van der Waals surface area (Å²) in [5.41, 5.74) is 4.98. The Morgan fingerprint density at radius 1 is 0.593 bits per heavy atom. The molecule has 0 aromatic heterocycles. The van der Waals surface area contributed by atoms with Gasteiger partial charge in [-0.25, -0.2) is 0 Å². The normalized spacial score (nSPS) is 17.1. The zero-order valence-corrected chi connectivity index (χ0v) is 39.8. The fraction of sp³-hybridized carbons (Fsp3) is 0.434. The number of hydrogen-bond acceptors (Lipinski definition) is 4. The number of rotatable bonds is 17. The Morgan fingerprint density at radius 2 is 1.03 bits per heavy atom. The molecule has 4 nitrogen and oxygen atoms in total. The predicted molar refractivity (Wildman–Crippen MR) is 258 cm³/mol. The molecule has 3 unspecified atom stereocenters. The van der Waals surface area contributed by atoms with Crippen LogP contribution in [0.4, 0.5) is 0 Å². The molecule has 1 heterocycles. The SMILES string of the molecule is Br.CCC(CC(CC(ON1C(C)(C)CCCC1(C)C)c1ccc(CN(C(C)C)C(C)C)cc1)c1ccc(P(=O)(c2ccccc2)c2ccccc2)cc1)c1ccccc1. The van der Waals surface area contributed by atoms with Gasteiger partial charge in [-0.15, -0.1) is 17.0 Å². The van der Waals surface area contributed by atoms with Gasteiger partial charge in [0, 0.05) is 45.6 Å². The van der Waals surface area contributed by atoms with Crippen LogP contribution in [0.5, 0.6) is 0 Å². The van der Waals surface area contributed by atoms with Crippen molar-refractivity contribution >= 4 is 40.0 Å². The highest BCUT2D eigenvalue weighted by Gasteiger charge is 2.44. The van der Waals surface area contributed by atoms with Crippen LogP contribution >= 0.6 is 24.1 Å². The minimum Gasteiger partial charge on any atom is -0.309 e. The van der Waals surface area contributed by atoms with Gasteiger partial charge in [-0.2, -0.15) is 5.06 Å². The third kappa shape index (κ3) is 11.2. The summed E-state index contributed by atoms with van der Waals surface area (Å²) in [6.07, 6.45) is 6.09. The first kappa shape index (κ1) is 46.8. The number of benzene rings is 5. The molecule has 0 bridgehead atoms. The molecule has 316 valence electrons. The first-order chi connectivity index (χ1) is 27.7. The van der Waals surface area contributed by atoms with Crippen LogP contribution in [0.25, 0.3) is 0 Å². The van der Waals surface area contributed by atoms with E-state index in [0.717, 1.165) is 54.6 Å². The van der Waals surface area contributed by atoms with Crippen LogP contribution in [0, 0.1) is 0 Å². The van der Waals surface area contributed by atoms with Crippen LogP contribution in [0.15, 0.2) is 140 Å². The van der Waals surface area contributed by atoms with Crippen molar-refractivity contribution in [1.82, 2.24) is 9.96 Å². The number of hydrogen-bond donors (Lipinski definition) is 0. The molecule has 0 N–H and O–H groups in total.